The summed E-state index contributed by atoms with van der Waals surface area (Å²) < 4.78 is 103. The summed E-state index contributed by atoms with van der Waals surface area (Å²) in [7, 11) is -3.70. The maximum absolute atomic E-state index is 12.8. The molecule has 0 saturated heterocycles. The van der Waals surface area contributed by atoms with Crippen molar-refractivity contribution in [2.24, 2.45) is 0 Å². The Labute approximate surface area is 171 Å². The highest BCUT2D eigenvalue weighted by atomic mass is 32.2. The number of thiocarbonyl (C=S) groups is 1. The summed E-state index contributed by atoms with van der Waals surface area (Å²) in [5.74, 6) is 0. The highest BCUT2D eigenvalue weighted by molar-refractivity contribution is 7.91. The predicted octanol–water partition coefficient (Wildman–Crippen LogP) is 4.05. The molecule has 0 atom stereocenters. The lowest BCUT2D eigenvalue weighted by Gasteiger charge is -2.16. The Bertz CT molecular complexity index is 924. The molecule has 1 heterocycles. The van der Waals surface area contributed by atoms with E-state index in [0.717, 1.165) is 11.3 Å². The van der Waals surface area contributed by atoms with Crippen LogP contribution in [0.25, 0.3) is 0 Å². The largest absolute Gasteiger partial charge is 0.416 e. The minimum Gasteiger partial charge on any atom is -0.361 e. The molecule has 0 fully saturated rings. The lowest BCUT2D eigenvalue weighted by molar-refractivity contribution is -0.143. The van der Waals surface area contributed by atoms with Crippen molar-refractivity contribution in [2.75, 3.05) is 18.4 Å². The van der Waals surface area contributed by atoms with Crippen LogP contribution >= 0.6 is 23.6 Å². The Kier molecular flexibility index (Phi) is 7.14. The third-order valence-corrected chi connectivity index (χ3v) is 6.41. The van der Waals surface area contributed by atoms with Gasteiger partial charge in [-0.05, 0) is 41.9 Å². The van der Waals surface area contributed by atoms with Gasteiger partial charge >= 0.3 is 12.4 Å². The normalized spacial score (nSPS) is 12.6. The molecule has 0 amide bonds. The van der Waals surface area contributed by atoms with Crippen LogP contribution in [-0.2, 0) is 22.4 Å². The van der Waals surface area contributed by atoms with Crippen molar-refractivity contribution in [1.82, 2.24) is 10.0 Å². The Morgan fingerprint density at radius 2 is 1.59 bits per heavy atom. The predicted molar refractivity (Wildman–Crippen MR) is 100 cm³/mol. The van der Waals surface area contributed by atoms with E-state index in [0.29, 0.717) is 12.1 Å². The number of benzene rings is 1. The number of sulfonamides is 1. The molecule has 0 spiro atoms. The third kappa shape index (κ3) is 6.83. The molecule has 2 aromatic rings. The second-order valence-corrected chi connectivity index (χ2v) is 8.86. The van der Waals surface area contributed by atoms with Gasteiger partial charge in [-0.15, -0.1) is 11.3 Å². The van der Waals surface area contributed by atoms with Gasteiger partial charge in [-0.2, -0.15) is 26.3 Å². The first-order valence-electron chi connectivity index (χ1n) is 7.66. The molecule has 2 rings (SSSR count). The average Bonchev–Trinajstić information content (AvgIpc) is 3.12. The number of halogens is 6. The van der Waals surface area contributed by atoms with Crippen molar-refractivity contribution in [3.8, 4) is 0 Å². The smallest absolute Gasteiger partial charge is 0.361 e. The van der Waals surface area contributed by atoms with Crippen LogP contribution in [0.2, 0.25) is 0 Å². The summed E-state index contributed by atoms with van der Waals surface area (Å²) in [5.41, 5.74) is -3.48. The van der Waals surface area contributed by atoms with Gasteiger partial charge in [0.25, 0.3) is 0 Å². The number of rotatable bonds is 6. The lowest BCUT2D eigenvalue weighted by atomic mass is 10.1. The van der Waals surface area contributed by atoms with Crippen LogP contribution in [0.1, 0.15) is 11.1 Å². The Balaban J connectivity index is 1.98. The fourth-order valence-corrected chi connectivity index (χ4v) is 4.34. The molecular formula is C15H13F6N3O2S3. The molecule has 5 nitrogen and oxygen atoms in total. The van der Waals surface area contributed by atoms with Crippen molar-refractivity contribution in [2.45, 2.75) is 16.6 Å². The summed E-state index contributed by atoms with van der Waals surface area (Å²) in [6, 6.07) is 3.94. The molecule has 160 valence electrons. The number of hydrogen-bond donors (Lipinski definition) is 3. The molecule has 29 heavy (non-hydrogen) atoms. The molecule has 0 unspecified atom stereocenters. The van der Waals surface area contributed by atoms with Gasteiger partial charge in [0.05, 0.1) is 11.1 Å². The molecule has 0 saturated carbocycles. The first-order chi connectivity index (χ1) is 13.3. The first kappa shape index (κ1) is 23.4. The van der Waals surface area contributed by atoms with E-state index in [1.54, 1.807) is 11.4 Å². The molecule has 0 aliphatic heterocycles. The van der Waals surface area contributed by atoms with Gasteiger partial charge in [-0.3, -0.25) is 0 Å². The monoisotopic (exact) mass is 477 g/mol. The van der Waals surface area contributed by atoms with E-state index < -0.39 is 39.2 Å². The van der Waals surface area contributed by atoms with Crippen LogP contribution in [-0.4, -0.2) is 26.6 Å². The molecule has 0 aliphatic rings. The molecule has 1 aromatic heterocycles. The van der Waals surface area contributed by atoms with E-state index in [-0.39, 0.29) is 28.5 Å². The molecule has 3 N–H and O–H groups in total. The van der Waals surface area contributed by atoms with Gasteiger partial charge in [-0.1, -0.05) is 6.07 Å². The zero-order valence-corrected chi connectivity index (χ0v) is 16.6. The SMILES string of the molecule is O=S(=O)(NCCNC(=S)Nc1cc(C(F)(F)F)cc(C(F)(F)F)c1)c1cccs1. The summed E-state index contributed by atoms with van der Waals surface area (Å²) in [6.45, 7) is -0.167. The van der Waals surface area contributed by atoms with Crippen LogP contribution in [0.5, 0.6) is 0 Å². The van der Waals surface area contributed by atoms with Gasteiger partial charge in [0.2, 0.25) is 10.0 Å². The van der Waals surface area contributed by atoms with E-state index in [1.165, 1.54) is 6.07 Å². The van der Waals surface area contributed by atoms with Crippen molar-refractivity contribution < 1.29 is 34.8 Å². The number of nitrogens with one attached hydrogen (secondary N) is 3. The van der Waals surface area contributed by atoms with Crippen LogP contribution in [0, 0.1) is 0 Å². The van der Waals surface area contributed by atoms with E-state index in [2.05, 4.69) is 15.4 Å². The second kappa shape index (κ2) is 8.85. The highest BCUT2D eigenvalue weighted by Crippen LogP contribution is 2.37. The first-order valence-corrected chi connectivity index (χ1v) is 10.4. The van der Waals surface area contributed by atoms with Crippen molar-refractivity contribution in [1.29, 1.82) is 0 Å². The van der Waals surface area contributed by atoms with E-state index in [1.807, 2.05) is 0 Å². The Morgan fingerprint density at radius 3 is 2.07 bits per heavy atom. The van der Waals surface area contributed by atoms with E-state index in [9.17, 15) is 34.8 Å². The topological polar surface area (TPSA) is 70.2 Å². The molecule has 0 radical (unpaired) electrons. The van der Waals surface area contributed by atoms with Crippen LogP contribution in [0.3, 0.4) is 0 Å². The number of anilines is 1. The third-order valence-electron chi connectivity index (χ3n) is 3.31. The van der Waals surface area contributed by atoms with Gasteiger partial charge < -0.3 is 10.6 Å². The fourth-order valence-electron chi connectivity index (χ4n) is 2.05. The number of thiophene rings is 1. The number of alkyl halides is 6. The average molecular weight is 477 g/mol. The van der Waals surface area contributed by atoms with Crippen molar-refractivity contribution >= 4 is 44.4 Å². The molecule has 1 aromatic carbocycles. The van der Waals surface area contributed by atoms with Gasteiger partial charge in [0, 0.05) is 18.8 Å². The Morgan fingerprint density at radius 1 is 1.00 bits per heavy atom. The zero-order chi connectivity index (χ0) is 21.9. The van der Waals surface area contributed by atoms with E-state index in [4.69, 9.17) is 12.2 Å². The zero-order valence-electron chi connectivity index (χ0n) is 14.2. The maximum atomic E-state index is 12.8. The van der Waals surface area contributed by atoms with Crippen molar-refractivity contribution in [3.05, 3.63) is 46.8 Å². The molecular weight excluding hydrogens is 464 g/mol. The Hall–Kier alpha value is -1.90. The highest BCUT2D eigenvalue weighted by Gasteiger charge is 2.37. The van der Waals surface area contributed by atoms with Gasteiger partial charge in [0.15, 0.2) is 5.11 Å². The molecule has 0 bridgehead atoms. The second-order valence-electron chi connectivity index (χ2n) is 5.51. The van der Waals surface area contributed by atoms with Gasteiger partial charge in [0.1, 0.15) is 4.21 Å². The standard InChI is InChI=1S/C15H13F6N3O2S3/c16-14(17,18)9-6-10(15(19,20)21)8-11(7-9)24-13(27)22-3-4-23-29(25,26)12-2-1-5-28-12/h1-2,5-8,23H,3-4H2,(H2,22,24,27). The summed E-state index contributed by atoms with van der Waals surface area (Å²) in [4.78, 5) is 0. The summed E-state index contributed by atoms with van der Waals surface area (Å²) in [5, 5.41) is 6.05. The fraction of sp³-hybridized carbons (Fsp3) is 0.267. The minimum atomic E-state index is -4.98. The summed E-state index contributed by atoms with van der Waals surface area (Å²) >= 11 is 5.85. The minimum absolute atomic E-state index is 0.00100. The van der Waals surface area contributed by atoms with Gasteiger partial charge in [-0.25, -0.2) is 13.1 Å². The maximum Gasteiger partial charge on any atom is 0.416 e. The quantitative estimate of drug-likeness (QED) is 0.333. The lowest BCUT2D eigenvalue weighted by Crippen LogP contribution is -2.36. The van der Waals surface area contributed by atoms with Crippen LogP contribution < -0.4 is 15.4 Å². The van der Waals surface area contributed by atoms with Crippen molar-refractivity contribution in [3.63, 3.8) is 0 Å². The molecule has 0 aliphatic carbocycles. The number of hydrogen-bond acceptors (Lipinski definition) is 4. The summed E-state index contributed by atoms with van der Waals surface area (Å²) in [6.07, 6.45) is -9.96. The van der Waals surface area contributed by atoms with E-state index >= 15 is 0 Å². The van der Waals surface area contributed by atoms with Crippen LogP contribution in [0.15, 0.2) is 39.9 Å². The molecule has 14 heteroatoms. The van der Waals surface area contributed by atoms with Crippen LogP contribution in [0.4, 0.5) is 32.0 Å².